The molecule has 10 nitrogen and oxygen atoms in total. The van der Waals surface area contributed by atoms with E-state index in [0.717, 1.165) is 4.68 Å². The number of anilines is 1. The summed E-state index contributed by atoms with van der Waals surface area (Å²) in [6, 6.07) is 10.7. The number of rotatable bonds is 9. The van der Waals surface area contributed by atoms with Gasteiger partial charge in [0.25, 0.3) is 17.7 Å². The molecular weight excluding hydrogens is 565 g/mol. The topological polar surface area (TPSA) is 91.2 Å². The minimum atomic E-state index is -4.83. The Morgan fingerprint density at radius 1 is 1.00 bits per heavy atom. The number of carbonyl (C=O) groups excluding carboxylic acids is 3. The van der Waals surface area contributed by atoms with Crippen LogP contribution in [0.1, 0.15) is 49.4 Å². The predicted octanol–water partition coefficient (Wildman–Crippen LogP) is 3.83. The molecular formula is C30H35F3N6O4. The third-order valence-corrected chi connectivity index (χ3v) is 7.27. The van der Waals surface area contributed by atoms with Crippen molar-refractivity contribution in [3.63, 3.8) is 0 Å². The fourth-order valence-electron chi connectivity index (χ4n) is 4.94. The van der Waals surface area contributed by atoms with Gasteiger partial charge in [-0.25, -0.2) is 4.68 Å². The maximum absolute atomic E-state index is 14.2. The number of amides is 3. The molecule has 2 heterocycles. The van der Waals surface area contributed by atoms with Gasteiger partial charge in [-0.1, -0.05) is 0 Å². The van der Waals surface area contributed by atoms with E-state index < -0.39 is 23.7 Å². The number of hydrogen-bond acceptors (Lipinski definition) is 6. The zero-order valence-corrected chi connectivity index (χ0v) is 25.0. The summed E-state index contributed by atoms with van der Waals surface area (Å²) in [6.07, 6.45) is -4.94. The number of alkyl halides is 3. The van der Waals surface area contributed by atoms with E-state index in [9.17, 15) is 27.6 Å². The lowest BCUT2D eigenvalue weighted by Crippen LogP contribution is -2.39. The lowest BCUT2D eigenvalue weighted by Gasteiger charge is -2.28. The highest BCUT2D eigenvalue weighted by molar-refractivity contribution is 6.08. The Morgan fingerprint density at radius 2 is 1.67 bits per heavy atom. The minimum Gasteiger partial charge on any atom is -0.497 e. The smallest absolute Gasteiger partial charge is 0.435 e. The molecule has 0 atom stereocenters. The number of methoxy groups -OCH3 is 1. The zero-order chi connectivity index (χ0) is 31.6. The standard InChI is InChI=1S/C30H35F3N6O4/c1-7-37(17-16-35(2)3)28(41)23-18-21(43-6)12-13-24(23)39-25-22(26(34-39)30(31,32)33)14-15-38(29(25)42)20-10-8-19(9-11-20)27(40)36(4)5/h8-13,18H,7,14-17H2,1-6H3. The second-order valence-corrected chi connectivity index (χ2v) is 10.6. The SMILES string of the molecule is CCN(CCN(C)C)C(=O)c1cc(OC)ccc1-n1nc(C(F)(F)F)c2c1C(=O)N(c1ccc(C(=O)N(C)C)cc1)CC2. The Labute approximate surface area is 248 Å². The van der Waals surface area contributed by atoms with Gasteiger partial charge in [-0.05, 0) is 69.9 Å². The van der Waals surface area contributed by atoms with Crippen molar-refractivity contribution in [2.45, 2.75) is 19.5 Å². The van der Waals surface area contributed by atoms with Gasteiger partial charge < -0.3 is 24.3 Å². The maximum atomic E-state index is 14.2. The highest BCUT2D eigenvalue weighted by Crippen LogP contribution is 2.38. The van der Waals surface area contributed by atoms with Crippen LogP contribution >= 0.6 is 0 Å². The third kappa shape index (κ3) is 6.36. The molecule has 1 aromatic heterocycles. The summed E-state index contributed by atoms with van der Waals surface area (Å²) < 4.78 is 49.0. The second-order valence-electron chi connectivity index (χ2n) is 10.6. The van der Waals surface area contributed by atoms with E-state index in [-0.39, 0.29) is 41.4 Å². The van der Waals surface area contributed by atoms with Crippen LogP contribution in [-0.4, -0.2) is 104 Å². The highest BCUT2D eigenvalue weighted by atomic mass is 19.4. The number of halogens is 3. The van der Waals surface area contributed by atoms with Crippen molar-refractivity contribution in [1.82, 2.24) is 24.5 Å². The second kappa shape index (κ2) is 12.5. The van der Waals surface area contributed by atoms with Crippen LogP contribution in [0.15, 0.2) is 42.5 Å². The van der Waals surface area contributed by atoms with E-state index in [4.69, 9.17) is 4.74 Å². The number of benzene rings is 2. The molecule has 0 saturated heterocycles. The molecule has 43 heavy (non-hydrogen) atoms. The first-order valence-electron chi connectivity index (χ1n) is 13.7. The Balaban J connectivity index is 1.85. The molecule has 1 aliphatic rings. The molecule has 0 radical (unpaired) electrons. The first-order valence-corrected chi connectivity index (χ1v) is 13.7. The van der Waals surface area contributed by atoms with Gasteiger partial charge >= 0.3 is 6.18 Å². The fraction of sp³-hybridized carbons (Fsp3) is 0.400. The van der Waals surface area contributed by atoms with Gasteiger partial charge in [-0.3, -0.25) is 14.4 Å². The Morgan fingerprint density at radius 3 is 2.23 bits per heavy atom. The molecule has 230 valence electrons. The third-order valence-electron chi connectivity index (χ3n) is 7.27. The maximum Gasteiger partial charge on any atom is 0.435 e. The zero-order valence-electron chi connectivity index (χ0n) is 25.0. The summed E-state index contributed by atoms with van der Waals surface area (Å²) in [5, 5.41) is 3.90. The van der Waals surface area contributed by atoms with Crippen LogP contribution < -0.4 is 9.64 Å². The van der Waals surface area contributed by atoms with Crippen LogP contribution in [0.5, 0.6) is 5.75 Å². The molecule has 3 amide bonds. The van der Waals surface area contributed by atoms with Crippen LogP contribution in [0.2, 0.25) is 0 Å². The van der Waals surface area contributed by atoms with Crippen LogP contribution in [0, 0.1) is 0 Å². The van der Waals surface area contributed by atoms with E-state index in [2.05, 4.69) is 5.10 Å². The highest BCUT2D eigenvalue weighted by Gasteiger charge is 2.44. The summed E-state index contributed by atoms with van der Waals surface area (Å²) in [4.78, 5) is 46.3. The summed E-state index contributed by atoms with van der Waals surface area (Å²) in [5.74, 6) is -1.04. The lowest BCUT2D eigenvalue weighted by atomic mass is 10.0. The van der Waals surface area contributed by atoms with Crippen LogP contribution in [0.25, 0.3) is 5.69 Å². The number of aromatic nitrogens is 2. The fourth-order valence-corrected chi connectivity index (χ4v) is 4.94. The molecule has 13 heteroatoms. The molecule has 0 saturated carbocycles. The normalized spacial score (nSPS) is 13.3. The molecule has 0 unspecified atom stereocenters. The number of carbonyl (C=O) groups is 3. The van der Waals surface area contributed by atoms with Crippen molar-refractivity contribution in [2.75, 3.05) is 66.4 Å². The number of fused-ring (bicyclic) bond motifs is 1. The van der Waals surface area contributed by atoms with Crippen molar-refractivity contribution >= 4 is 23.4 Å². The average molecular weight is 601 g/mol. The van der Waals surface area contributed by atoms with Crippen molar-refractivity contribution in [2.24, 2.45) is 0 Å². The molecule has 0 N–H and O–H groups in total. The largest absolute Gasteiger partial charge is 0.497 e. The van der Waals surface area contributed by atoms with E-state index in [0.29, 0.717) is 36.6 Å². The van der Waals surface area contributed by atoms with Gasteiger partial charge in [0, 0.05) is 57.1 Å². The summed E-state index contributed by atoms with van der Waals surface area (Å²) >= 11 is 0. The first kappa shape index (κ1) is 31.5. The lowest BCUT2D eigenvalue weighted by molar-refractivity contribution is -0.141. The molecule has 0 fully saturated rings. The van der Waals surface area contributed by atoms with Crippen molar-refractivity contribution in [1.29, 1.82) is 0 Å². The van der Waals surface area contributed by atoms with Gasteiger partial charge in [0.15, 0.2) is 5.69 Å². The number of hydrogen-bond donors (Lipinski definition) is 0. The van der Waals surface area contributed by atoms with E-state index in [1.165, 1.54) is 35.1 Å². The van der Waals surface area contributed by atoms with E-state index >= 15 is 0 Å². The van der Waals surface area contributed by atoms with Gasteiger partial charge in [0.2, 0.25) is 0 Å². The van der Waals surface area contributed by atoms with Crippen molar-refractivity contribution < 1.29 is 32.3 Å². The quantitative estimate of drug-likeness (QED) is 0.371. The summed E-state index contributed by atoms with van der Waals surface area (Å²) in [7, 11) is 8.39. The van der Waals surface area contributed by atoms with Gasteiger partial charge in [0.05, 0.1) is 18.4 Å². The molecule has 0 spiro atoms. The molecule has 0 bridgehead atoms. The predicted molar refractivity (Wildman–Crippen MR) is 155 cm³/mol. The van der Waals surface area contributed by atoms with Gasteiger partial charge in [-0.2, -0.15) is 18.3 Å². The monoisotopic (exact) mass is 600 g/mol. The number of nitrogens with zero attached hydrogens (tertiary/aromatic N) is 6. The average Bonchev–Trinajstić information content (AvgIpc) is 3.38. The van der Waals surface area contributed by atoms with Gasteiger partial charge in [0.1, 0.15) is 11.4 Å². The van der Waals surface area contributed by atoms with Crippen LogP contribution in [0.3, 0.4) is 0 Å². The molecule has 4 rings (SSSR count). The van der Waals surface area contributed by atoms with E-state index in [1.54, 1.807) is 43.3 Å². The number of ether oxygens (including phenoxy) is 1. The Hall–Kier alpha value is -4.39. The number of likely N-dealkylation sites (N-methyl/N-ethyl adjacent to an activating group) is 2. The Bertz CT molecular complexity index is 1520. The molecule has 0 aliphatic carbocycles. The van der Waals surface area contributed by atoms with Gasteiger partial charge in [-0.15, -0.1) is 0 Å². The summed E-state index contributed by atoms with van der Waals surface area (Å²) in [6.45, 7) is 3.09. The molecule has 2 aromatic carbocycles. The molecule has 1 aliphatic heterocycles. The van der Waals surface area contributed by atoms with Crippen molar-refractivity contribution in [3.05, 3.63) is 70.5 Å². The van der Waals surface area contributed by atoms with Crippen LogP contribution in [0.4, 0.5) is 18.9 Å². The first-order chi connectivity index (χ1) is 20.3. The van der Waals surface area contributed by atoms with Crippen molar-refractivity contribution in [3.8, 4) is 11.4 Å². The Kier molecular flexibility index (Phi) is 9.14. The molecule has 3 aromatic rings. The summed E-state index contributed by atoms with van der Waals surface area (Å²) in [5.41, 5.74) is -0.779. The van der Waals surface area contributed by atoms with Crippen LogP contribution in [-0.2, 0) is 12.6 Å². The van der Waals surface area contributed by atoms with E-state index in [1.807, 2.05) is 25.9 Å². The minimum absolute atomic E-state index is 0.0237.